The maximum atomic E-state index is 12.1. The highest BCUT2D eigenvalue weighted by atomic mass is 35.5. The first-order valence-corrected chi connectivity index (χ1v) is 9.36. The SMILES string of the molecule is Cl.O=C(NCC1CCCN(Cc2nc(-c3ccoc3)no2)C1)C1CCCN1. The molecular weight excluding hydrogens is 370 g/mol. The number of aromatic nitrogens is 2. The quantitative estimate of drug-likeness (QED) is 0.770. The molecule has 2 atom stereocenters. The van der Waals surface area contributed by atoms with E-state index in [1.807, 2.05) is 6.07 Å². The van der Waals surface area contributed by atoms with Gasteiger partial charge in [0.1, 0.15) is 6.26 Å². The van der Waals surface area contributed by atoms with Crippen molar-refractivity contribution in [2.75, 3.05) is 26.2 Å². The Balaban J connectivity index is 0.00000210. The third-order valence-corrected chi connectivity index (χ3v) is 5.15. The summed E-state index contributed by atoms with van der Waals surface area (Å²) in [7, 11) is 0. The Morgan fingerprint density at radius 1 is 1.37 bits per heavy atom. The molecule has 148 valence electrons. The Kier molecular flexibility index (Phi) is 6.87. The third-order valence-electron chi connectivity index (χ3n) is 5.15. The fraction of sp³-hybridized carbons (Fsp3) is 0.611. The van der Waals surface area contributed by atoms with Gasteiger partial charge in [-0.15, -0.1) is 12.4 Å². The second-order valence-corrected chi connectivity index (χ2v) is 7.16. The van der Waals surface area contributed by atoms with Crippen LogP contribution in [0.2, 0.25) is 0 Å². The lowest BCUT2D eigenvalue weighted by Gasteiger charge is -2.32. The molecule has 2 aromatic rings. The van der Waals surface area contributed by atoms with E-state index in [2.05, 4.69) is 25.7 Å². The monoisotopic (exact) mass is 395 g/mol. The van der Waals surface area contributed by atoms with Crippen molar-refractivity contribution in [3.8, 4) is 11.4 Å². The highest BCUT2D eigenvalue weighted by molar-refractivity contribution is 5.85. The van der Waals surface area contributed by atoms with Crippen LogP contribution in [0.4, 0.5) is 0 Å². The Hall–Kier alpha value is -1.90. The van der Waals surface area contributed by atoms with Crippen LogP contribution in [-0.4, -0.2) is 53.2 Å². The van der Waals surface area contributed by atoms with Crippen LogP contribution in [-0.2, 0) is 11.3 Å². The van der Waals surface area contributed by atoms with Crippen LogP contribution in [0.25, 0.3) is 11.4 Å². The van der Waals surface area contributed by atoms with Gasteiger partial charge in [0.05, 0.1) is 24.4 Å². The second kappa shape index (κ2) is 9.34. The molecule has 0 spiro atoms. The molecule has 2 fully saturated rings. The fourth-order valence-corrected chi connectivity index (χ4v) is 3.76. The summed E-state index contributed by atoms with van der Waals surface area (Å²) >= 11 is 0. The molecule has 0 aliphatic carbocycles. The smallest absolute Gasteiger partial charge is 0.241 e. The Bertz CT molecular complexity index is 714. The van der Waals surface area contributed by atoms with E-state index in [-0.39, 0.29) is 24.4 Å². The Morgan fingerprint density at radius 3 is 3.07 bits per heavy atom. The van der Waals surface area contributed by atoms with E-state index in [4.69, 9.17) is 8.94 Å². The summed E-state index contributed by atoms with van der Waals surface area (Å²) in [5.41, 5.74) is 0.819. The van der Waals surface area contributed by atoms with Crippen molar-refractivity contribution in [3.63, 3.8) is 0 Å². The van der Waals surface area contributed by atoms with E-state index in [0.29, 0.717) is 24.2 Å². The van der Waals surface area contributed by atoms with Crippen molar-refractivity contribution in [2.24, 2.45) is 5.92 Å². The van der Waals surface area contributed by atoms with Crippen molar-refractivity contribution in [1.82, 2.24) is 25.7 Å². The van der Waals surface area contributed by atoms with Crippen LogP contribution >= 0.6 is 12.4 Å². The third kappa shape index (κ3) is 5.09. The number of rotatable bonds is 6. The predicted molar refractivity (Wildman–Crippen MR) is 101 cm³/mol. The number of halogens is 1. The fourth-order valence-electron chi connectivity index (χ4n) is 3.76. The molecule has 2 saturated heterocycles. The molecule has 4 heterocycles. The van der Waals surface area contributed by atoms with E-state index >= 15 is 0 Å². The second-order valence-electron chi connectivity index (χ2n) is 7.16. The minimum absolute atomic E-state index is 0. The molecule has 0 radical (unpaired) electrons. The maximum absolute atomic E-state index is 12.1. The predicted octanol–water partition coefficient (Wildman–Crippen LogP) is 1.83. The maximum Gasteiger partial charge on any atom is 0.241 e. The minimum atomic E-state index is -0.00516. The van der Waals surface area contributed by atoms with Gasteiger partial charge in [-0.3, -0.25) is 9.69 Å². The van der Waals surface area contributed by atoms with Gasteiger partial charge in [-0.25, -0.2) is 0 Å². The number of nitrogens with zero attached hydrogens (tertiary/aromatic N) is 3. The lowest BCUT2D eigenvalue weighted by atomic mass is 9.98. The number of hydrogen-bond acceptors (Lipinski definition) is 7. The lowest BCUT2D eigenvalue weighted by Crippen LogP contribution is -2.45. The number of carbonyl (C=O) groups is 1. The largest absolute Gasteiger partial charge is 0.472 e. The van der Waals surface area contributed by atoms with Crippen LogP contribution < -0.4 is 10.6 Å². The molecule has 27 heavy (non-hydrogen) atoms. The minimum Gasteiger partial charge on any atom is -0.472 e. The van der Waals surface area contributed by atoms with Crippen LogP contribution in [0, 0.1) is 5.92 Å². The van der Waals surface area contributed by atoms with E-state index in [0.717, 1.165) is 57.4 Å². The van der Waals surface area contributed by atoms with E-state index in [1.54, 1.807) is 12.5 Å². The molecule has 2 unspecified atom stereocenters. The molecule has 0 saturated carbocycles. The molecule has 0 aromatic carbocycles. The molecule has 8 nitrogen and oxygen atoms in total. The van der Waals surface area contributed by atoms with E-state index in [9.17, 15) is 4.79 Å². The summed E-state index contributed by atoms with van der Waals surface area (Å²) in [6, 6.07) is 1.81. The molecule has 2 aromatic heterocycles. The number of nitrogens with one attached hydrogen (secondary N) is 2. The highest BCUT2D eigenvalue weighted by Crippen LogP contribution is 2.20. The number of furan rings is 1. The average Bonchev–Trinajstić information content (AvgIpc) is 3.41. The van der Waals surface area contributed by atoms with Crippen molar-refractivity contribution in [3.05, 3.63) is 24.5 Å². The first-order valence-electron chi connectivity index (χ1n) is 9.36. The molecule has 2 aliphatic rings. The van der Waals surface area contributed by atoms with Crippen molar-refractivity contribution < 1.29 is 13.7 Å². The summed E-state index contributed by atoms with van der Waals surface area (Å²) in [6.07, 6.45) is 7.48. The number of amides is 1. The lowest BCUT2D eigenvalue weighted by molar-refractivity contribution is -0.123. The van der Waals surface area contributed by atoms with Gasteiger partial charge in [0.15, 0.2) is 0 Å². The van der Waals surface area contributed by atoms with Gasteiger partial charge in [-0.2, -0.15) is 4.98 Å². The molecule has 2 aliphatic heterocycles. The highest BCUT2D eigenvalue weighted by Gasteiger charge is 2.25. The van der Waals surface area contributed by atoms with Crippen molar-refractivity contribution in [1.29, 1.82) is 0 Å². The summed E-state index contributed by atoms with van der Waals surface area (Å²) in [6.45, 7) is 4.26. The molecule has 2 N–H and O–H groups in total. The first-order chi connectivity index (χ1) is 12.8. The zero-order valence-corrected chi connectivity index (χ0v) is 16.0. The average molecular weight is 396 g/mol. The topological polar surface area (TPSA) is 96.4 Å². The van der Waals surface area contributed by atoms with Crippen LogP contribution in [0.3, 0.4) is 0 Å². The van der Waals surface area contributed by atoms with E-state index < -0.39 is 0 Å². The number of carbonyl (C=O) groups excluding carboxylic acids is 1. The summed E-state index contributed by atoms with van der Waals surface area (Å²) in [4.78, 5) is 18.9. The van der Waals surface area contributed by atoms with Gasteiger partial charge < -0.3 is 19.6 Å². The zero-order valence-electron chi connectivity index (χ0n) is 15.2. The van der Waals surface area contributed by atoms with Crippen molar-refractivity contribution >= 4 is 18.3 Å². The number of piperidine rings is 1. The van der Waals surface area contributed by atoms with Gasteiger partial charge >= 0.3 is 0 Å². The standard InChI is InChI=1S/C18H25N5O3.ClH/c24-18(15-4-1-6-19-15)20-9-13-3-2-7-23(10-13)11-16-21-17(22-26-16)14-5-8-25-12-14;/h5,8,12-13,15,19H,1-4,6-7,9-11H2,(H,20,24);1H. The molecule has 4 rings (SSSR count). The number of hydrogen-bond donors (Lipinski definition) is 2. The van der Waals surface area contributed by atoms with Gasteiger partial charge in [0.25, 0.3) is 0 Å². The molecule has 0 bridgehead atoms. The van der Waals surface area contributed by atoms with Gasteiger partial charge in [-0.05, 0) is 50.8 Å². The summed E-state index contributed by atoms with van der Waals surface area (Å²) in [5, 5.41) is 10.4. The van der Waals surface area contributed by atoms with Crippen LogP contribution in [0.15, 0.2) is 27.5 Å². The zero-order chi connectivity index (χ0) is 17.8. The summed E-state index contributed by atoms with van der Waals surface area (Å²) < 4.78 is 10.4. The number of likely N-dealkylation sites (tertiary alicyclic amines) is 1. The van der Waals surface area contributed by atoms with E-state index in [1.165, 1.54) is 0 Å². The first kappa shape index (κ1) is 19.9. The molecule has 1 amide bonds. The van der Waals surface area contributed by atoms with Crippen LogP contribution in [0.5, 0.6) is 0 Å². The Morgan fingerprint density at radius 2 is 2.30 bits per heavy atom. The molecule has 9 heteroatoms. The normalized spacial score (nSPS) is 23.1. The Labute approximate surface area is 164 Å². The van der Waals surface area contributed by atoms with Gasteiger partial charge in [0, 0.05) is 13.1 Å². The summed E-state index contributed by atoms with van der Waals surface area (Å²) in [5.74, 6) is 1.77. The van der Waals surface area contributed by atoms with Crippen LogP contribution in [0.1, 0.15) is 31.6 Å². The van der Waals surface area contributed by atoms with Gasteiger partial charge in [0.2, 0.25) is 17.6 Å². The van der Waals surface area contributed by atoms with Crippen molar-refractivity contribution in [2.45, 2.75) is 38.3 Å². The van der Waals surface area contributed by atoms with Gasteiger partial charge in [-0.1, -0.05) is 5.16 Å². The molecular formula is C18H26ClN5O3.